The quantitative estimate of drug-likeness (QED) is 0.759. The van der Waals surface area contributed by atoms with Gasteiger partial charge in [-0.05, 0) is 30.9 Å². The van der Waals surface area contributed by atoms with Gasteiger partial charge in [0, 0.05) is 17.0 Å². The van der Waals surface area contributed by atoms with E-state index in [1.807, 2.05) is 37.4 Å². The van der Waals surface area contributed by atoms with Crippen molar-refractivity contribution in [2.45, 2.75) is 26.3 Å². The zero-order valence-electron chi connectivity index (χ0n) is 8.49. The maximum atomic E-state index is 11.3. The van der Waals surface area contributed by atoms with E-state index in [9.17, 15) is 4.79 Å². The van der Waals surface area contributed by atoms with Crippen LogP contribution >= 0.6 is 11.3 Å². The molecular weight excluding hydrogens is 194 g/mol. The molecule has 2 nitrogen and oxygen atoms in total. The molecule has 0 aromatic carbocycles. The third kappa shape index (κ3) is 3.75. The first-order valence-electron chi connectivity index (χ1n) is 4.74. The SMILES string of the molecule is CCC(C)NC(=O)/C=C/c1cccs1. The van der Waals surface area contributed by atoms with E-state index in [-0.39, 0.29) is 11.9 Å². The average molecular weight is 209 g/mol. The molecule has 1 unspecified atom stereocenters. The summed E-state index contributed by atoms with van der Waals surface area (Å²) in [7, 11) is 0. The first kappa shape index (κ1) is 11.0. The van der Waals surface area contributed by atoms with E-state index in [0.29, 0.717) is 0 Å². The van der Waals surface area contributed by atoms with Crippen LogP contribution in [-0.2, 0) is 4.79 Å². The number of hydrogen-bond donors (Lipinski definition) is 1. The van der Waals surface area contributed by atoms with Gasteiger partial charge in [0.25, 0.3) is 0 Å². The van der Waals surface area contributed by atoms with Crippen LogP contribution in [0.2, 0.25) is 0 Å². The van der Waals surface area contributed by atoms with Crippen molar-refractivity contribution in [1.29, 1.82) is 0 Å². The third-order valence-electron chi connectivity index (χ3n) is 1.94. The van der Waals surface area contributed by atoms with E-state index in [1.165, 1.54) is 0 Å². The Bertz CT molecular complexity index is 303. The van der Waals surface area contributed by atoms with Gasteiger partial charge in [0.05, 0.1) is 0 Å². The molecule has 1 heterocycles. The van der Waals surface area contributed by atoms with Crippen LogP contribution in [0, 0.1) is 0 Å². The number of nitrogens with one attached hydrogen (secondary N) is 1. The maximum Gasteiger partial charge on any atom is 0.244 e. The molecule has 3 heteroatoms. The van der Waals surface area contributed by atoms with Crippen LogP contribution in [-0.4, -0.2) is 11.9 Å². The second kappa shape index (κ2) is 5.60. The van der Waals surface area contributed by atoms with Gasteiger partial charge in [0.2, 0.25) is 5.91 Å². The summed E-state index contributed by atoms with van der Waals surface area (Å²) in [6.07, 6.45) is 4.37. The predicted octanol–water partition coefficient (Wildman–Crippen LogP) is 2.68. The molecule has 14 heavy (non-hydrogen) atoms. The Labute approximate surface area is 88.6 Å². The molecule has 0 fully saturated rings. The highest BCUT2D eigenvalue weighted by molar-refractivity contribution is 7.10. The number of carbonyl (C=O) groups is 1. The molecular formula is C11H15NOS. The molecule has 1 aromatic rings. The minimum Gasteiger partial charge on any atom is -0.350 e. The fraction of sp³-hybridized carbons (Fsp3) is 0.364. The summed E-state index contributed by atoms with van der Waals surface area (Å²) in [5.41, 5.74) is 0. The predicted molar refractivity (Wildman–Crippen MR) is 61.2 cm³/mol. The van der Waals surface area contributed by atoms with E-state index >= 15 is 0 Å². The Morgan fingerprint density at radius 2 is 2.50 bits per heavy atom. The van der Waals surface area contributed by atoms with Gasteiger partial charge in [0.15, 0.2) is 0 Å². The molecule has 1 atom stereocenters. The van der Waals surface area contributed by atoms with Crippen molar-refractivity contribution in [2.24, 2.45) is 0 Å². The topological polar surface area (TPSA) is 29.1 Å². The Kier molecular flexibility index (Phi) is 4.40. The number of rotatable bonds is 4. The minimum atomic E-state index is -0.0206. The van der Waals surface area contributed by atoms with Crippen LogP contribution in [0.25, 0.3) is 6.08 Å². The van der Waals surface area contributed by atoms with Gasteiger partial charge in [0.1, 0.15) is 0 Å². The van der Waals surface area contributed by atoms with Gasteiger partial charge in [-0.3, -0.25) is 4.79 Å². The summed E-state index contributed by atoms with van der Waals surface area (Å²) < 4.78 is 0. The lowest BCUT2D eigenvalue weighted by Gasteiger charge is -2.08. The largest absolute Gasteiger partial charge is 0.350 e. The minimum absolute atomic E-state index is 0.0206. The van der Waals surface area contributed by atoms with E-state index < -0.39 is 0 Å². The molecule has 1 N–H and O–H groups in total. The van der Waals surface area contributed by atoms with Gasteiger partial charge < -0.3 is 5.32 Å². The zero-order valence-corrected chi connectivity index (χ0v) is 9.30. The smallest absolute Gasteiger partial charge is 0.244 e. The average Bonchev–Trinajstić information content (AvgIpc) is 2.67. The van der Waals surface area contributed by atoms with Crippen LogP contribution < -0.4 is 5.32 Å². The monoisotopic (exact) mass is 209 g/mol. The second-order valence-electron chi connectivity index (χ2n) is 3.17. The Hall–Kier alpha value is -1.09. The van der Waals surface area contributed by atoms with E-state index in [0.717, 1.165) is 11.3 Å². The summed E-state index contributed by atoms with van der Waals surface area (Å²) in [6.45, 7) is 4.05. The lowest BCUT2D eigenvalue weighted by atomic mass is 10.2. The molecule has 0 aliphatic heterocycles. The highest BCUT2D eigenvalue weighted by Crippen LogP contribution is 2.09. The van der Waals surface area contributed by atoms with Crippen LogP contribution in [0.3, 0.4) is 0 Å². The van der Waals surface area contributed by atoms with Crippen LogP contribution in [0.5, 0.6) is 0 Å². The third-order valence-corrected chi connectivity index (χ3v) is 2.78. The van der Waals surface area contributed by atoms with Crippen molar-refractivity contribution in [3.63, 3.8) is 0 Å². The first-order valence-corrected chi connectivity index (χ1v) is 5.62. The molecule has 1 amide bonds. The lowest BCUT2D eigenvalue weighted by molar-refractivity contribution is -0.117. The van der Waals surface area contributed by atoms with Crippen LogP contribution in [0.4, 0.5) is 0 Å². The van der Waals surface area contributed by atoms with Gasteiger partial charge >= 0.3 is 0 Å². The van der Waals surface area contributed by atoms with Gasteiger partial charge in [-0.25, -0.2) is 0 Å². The van der Waals surface area contributed by atoms with Crippen molar-refractivity contribution in [1.82, 2.24) is 5.32 Å². The second-order valence-corrected chi connectivity index (χ2v) is 4.15. The summed E-state index contributed by atoms with van der Waals surface area (Å²) in [6, 6.07) is 4.20. The highest BCUT2D eigenvalue weighted by Gasteiger charge is 2.00. The first-order chi connectivity index (χ1) is 6.72. The lowest BCUT2D eigenvalue weighted by Crippen LogP contribution is -2.30. The normalized spacial score (nSPS) is 13.0. The standard InChI is InChI=1S/C11H15NOS/c1-3-9(2)12-11(13)7-6-10-5-4-8-14-10/h4-9H,3H2,1-2H3,(H,12,13)/b7-6+. The molecule has 0 saturated heterocycles. The molecule has 0 radical (unpaired) electrons. The van der Waals surface area contributed by atoms with E-state index in [2.05, 4.69) is 5.32 Å². The van der Waals surface area contributed by atoms with E-state index in [1.54, 1.807) is 17.4 Å². The number of hydrogen-bond acceptors (Lipinski definition) is 2. The van der Waals surface area contributed by atoms with Gasteiger partial charge in [-0.1, -0.05) is 13.0 Å². The maximum absolute atomic E-state index is 11.3. The van der Waals surface area contributed by atoms with Crippen LogP contribution in [0.1, 0.15) is 25.1 Å². The Morgan fingerprint density at radius 1 is 1.71 bits per heavy atom. The summed E-state index contributed by atoms with van der Waals surface area (Å²) in [5.74, 6) is -0.0206. The van der Waals surface area contributed by atoms with Gasteiger partial charge in [-0.15, -0.1) is 11.3 Å². The molecule has 0 spiro atoms. The Morgan fingerprint density at radius 3 is 3.07 bits per heavy atom. The van der Waals surface area contributed by atoms with Crippen molar-refractivity contribution in [3.05, 3.63) is 28.5 Å². The fourth-order valence-electron chi connectivity index (χ4n) is 0.937. The fourth-order valence-corrected chi connectivity index (χ4v) is 1.55. The highest BCUT2D eigenvalue weighted by atomic mass is 32.1. The molecule has 0 bridgehead atoms. The van der Waals surface area contributed by atoms with Crippen LogP contribution in [0.15, 0.2) is 23.6 Å². The summed E-state index contributed by atoms with van der Waals surface area (Å²) >= 11 is 1.62. The number of carbonyl (C=O) groups excluding carboxylic acids is 1. The molecule has 1 aromatic heterocycles. The van der Waals surface area contributed by atoms with Crippen molar-refractivity contribution < 1.29 is 4.79 Å². The van der Waals surface area contributed by atoms with Crippen molar-refractivity contribution in [3.8, 4) is 0 Å². The van der Waals surface area contributed by atoms with Crippen molar-refractivity contribution in [2.75, 3.05) is 0 Å². The molecule has 0 aliphatic carbocycles. The van der Waals surface area contributed by atoms with Crippen molar-refractivity contribution >= 4 is 23.3 Å². The number of amides is 1. The summed E-state index contributed by atoms with van der Waals surface area (Å²) in [4.78, 5) is 12.4. The Balaban J connectivity index is 2.41. The van der Waals surface area contributed by atoms with Gasteiger partial charge in [-0.2, -0.15) is 0 Å². The molecule has 1 rings (SSSR count). The number of thiophene rings is 1. The zero-order chi connectivity index (χ0) is 10.4. The molecule has 0 aliphatic rings. The molecule has 0 saturated carbocycles. The molecule has 76 valence electrons. The summed E-state index contributed by atoms with van der Waals surface area (Å²) in [5, 5.41) is 4.86. The van der Waals surface area contributed by atoms with E-state index in [4.69, 9.17) is 0 Å².